The number of allylic oxidation sites excluding steroid dienone is 2. The predicted octanol–water partition coefficient (Wildman–Crippen LogP) is 4.59. The third-order valence-corrected chi connectivity index (χ3v) is 6.28. The number of carbonyl (C=O) groups is 2. The monoisotopic (exact) mass is 427 g/mol. The number of para-hydroxylation sites is 1. The average Bonchev–Trinajstić information content (AvgIpc) is 3.55. The van der Waals surface area contributed by atoms with Gasteiger partial charge in [-0.05, 0) is 56.6 Å². The first-order chi connectivity index (χ1) is 15.1. The van der Waals surface area contributed by atoms with Crippen molar-refractivity contribution in [3.05, 3.63) is 42.0 Å². The predicted molar refractivity (Wildman–Crippen MR) is 122 cm³/mol. The number of aliphatic hydroxyl groups is 1. The van der Waals surface area contributed by atoms with Crippen molar-refractivity contribution in [2.75, 3.05) is 13.2 Å². The Morgan fingerprint density at radius 1 is 1.13 bits per heavy atom. The van der Waals surface area contributed by atoms with Crippen LogP contribution in [0.5, 0.6) is 5.75 Å². The van der Waals surface area contributed by atoms with E-state index in [-0.39, 0.29) is 18.4 Å². The van der Waals surface area contributed by atoms with Gasteiger partial charge in [-0.25, -0.2) is 0 Å². The first kappa shape index (κ1) is 23.5. The van der Waals surface area contributed by atoms with Gasteiger partial charge in [0.15, 0.2) is 0 Å². The summed E-state index contributed by atoms with van der Waals surface area (Å²) in [6.45, 7) is 1.12. The van der Waals surface area contributed by atoms with E-state index in [0.29, 0.717) is 25.0 Å². The van der Waals surface area contributed by atoms with Crippen molar-refractivity contribution in [3.8, 4) is 5.75 Å². The highest BCUT2D eigenvalue weighted by molar-refractivity contribution is 5.88. The van der Waals surface area contributed by atoms with Crippen LogP contribution in [0.2, 0.25) is 0 Å². The number of aliphatic hydroxyl groups excluding tert-OH is 1. The molecule has 31 heavy (non-hydrogen) atoms. The molecule has 0 radical (unpaired) electrons. The first-order valence-corrected chi connectivity index (χ1v) is 12.0. The molecular weight excluding hydrogens is 390 g/mol. The number of ether oxygens (including phenoxy) is 1. The minimum absolute atomic E-state index is 0.0177. The molecule has 0 bridgehead atoms. The smallest absolute Gasteiger partial charge is 0.220 e. The molecule has 2 atom stereocenters. The Morgan fingerprint density at radius 3 is 2.68 bits per heavy atom. The van der Waals surface area contributed by atoms with E-state index >= 15 is 0 Å². The summed E-state index contributed by atoms with van der Waals surface area (Å²) < 4.78 is 5.62. The van der Waals surface area contributed by atoms with Crippen LogP contribution in [0.25, 0.3) is 0 Å². The molecule has 0 aromatic heterocycles. The minimum Gasteiger partial charge on any atom is -0.491 e. The number of hydrogen-bond donors (Lipinski definition) is 2. The standard InChI is InChI=1S/C26H37NO4/c28-22(19-31-23-8-4-3-5-9-23)16-14-21-15-17-25(29)24(21)10-6-1-2-7-11-26(30)27-18-20-12-13-20/h3-5,8-9,15,20,22,24,28H,1-2,6-7,10-14,16-19H2,(H,27,30)/t22-,24?/m1/s1. The molecule has 5 nitrogen and oxygen atoms in total. The lowest BCUT2D eigenvalue weighted by atomic mass is 9.90. The Balaban J connectivity index is 1.25. The van der Waals surface area contributed by atoms with Crippen molar-refractivity contribution in [1.82, 2.24) is 5.32 Å². The van der Waals surface area contributed by atoms with Gasteiger partial charge in [-0.1, -0.05) is 49.1 Å². The summed E-state index contributed by atoms with van der Waals surface area (Å²) in [6.07, 6.45) is 11.4. The normalized spacial score (nSPS) is 19.2. The molecule has 0 spiro atoms. The molecule has 2 N–H and O–H groups in total. The number of nitrogens with one attached hydrogen (secondary N) is 1. The number of benzene rings is 1. The fourth-order valence-corrected chi connectivity index (χ4v) is 4.13. The molecule has 2 aliphatic rings. The Labute approximate surface area is 186 Å². The summed E-state index contributed by atoms with van der Waals surface area (Å²) >= 11 is 0. The van der Waals surface area contributed by atoms with Gasteiger partial charge >= 0.3 is 0 Å². The molecule has 0 aliphatic heterocycles. The third-order valence-electron chi connectivity index (χ3n) is 6.28. The van der Waals surface area contributed by atoms with E-state index < -0.39 is 6.10 Å². The summed E-state index contributed by atoms with van der Waals surface area (Å²) in [7, 11) is 0. The molecule has 1 unspecified atom stereocenters. The number of ketones is 1. The number of hydrogen-bond acceptors (Lipinski definition) is 4. The van der Waals surface area contributed by atoms with Gasteiger partial charge in [0.05, 0.1) is 6.10 Å². The van der Waals surface area contributed by atoms with Crippen LogP contribution in [-0.4, -0.2) is 36.1 Å². The number of Topliss-reactive ketones (excluding diaryl/α,β-unsaturated/α-hetero) is 1. The van der Waals surface area contributed by atoms with E-state index in [0.717, 1.165) is 56.7 Å². The van der Waals surface area contributed by atoms with Crippen molar-refractivity contribution in [2.45, 2.75) is 76.7 Å². The van der Waals surface area contributed by atoms with Crippen molar-refractivity contribution in [3.63, 3.8) is 0 Å². The molecule has 0 heterocycles. The van der Waals surface area contributed by atoms with E-state index in [9.17, 15) is 14.7 Å². The van der Waals surface area contributed by atoms with E-state index in [1.807, 2.05) is 30.3 Å². The zero-order chi connectivity index (χ0) is 21.9. The second-order valence-corrected chi connectivity index (χ2v) is 9.02. The Kier molecular flexibility index (Phi) is 9.60. The van der Waals surface area contributed by atoms with Crippen LogP contribution in [0.15, 0.2) is 42.0 Å². The number of rotatable bonds is 15. The molecule has 1 aromatic rings. The maximum atomic E-state index is 12.3. The maximum absolute atomic E-state index is 12.3. The number of carbonyl (C=O) groups excluding carboxylic acids is 2. The minimum atomic E-state index is -0.538. The van der Waals surface area contributed by atoms with Crippen molar-refractivity contribution in [2.24, 2.45) is 11.8 Å². The van der Waals surface area contributed by atoms with E-state index in [1.54, 1.807) is 0 Å². The summed E-state index contributed by atoms with van der Waals surface area (Å²) in [6, 6.07) is 9.50. The first-order valence-electron chi connectivity index (χ1n) is 12.0. The van der Waals surface area contributed by atoms with Crippen LogP contribution in [0.4, 0.5) is 0 Å². The van der Waals surface area contributed by atoms with Gasteiger partial charge in [-0.2, -0.15) is 0 Å². The SMILES string of the molecule is O=C(CCCCCCC1C(=O)CC=C1CC[C@@H](O)COc1ccccc1)NCC1CC1. The molecular formula is C26H37NO4. The molecule has 5 heteroatoms. The van der Waals surface area contributed by atoms with E-state index in [4.69, 9.17) is 4.74 Å². The highest BCUT2D eigenvalue weighted by atomic mass is 16.5. The highest BCUT2D eigenvalue weighted by Crippen LogP contribution is 2.31. The Hall–Kier alpha value is -2.14. The lowest BCUT2D eigenvalue weighted by molar-refractivity contribution is -0.121. The van der Waals surface area contributed by atoms with E-state index in [1.165, 1.54) is 18.4 Å². The number of amides is 1. The van der Waals surface area contributed by atoms with Crippen LogP contribution < -0.4 is 10.1 Å². The number of unbranched alkanes of at least 4 members (excludes halogenated alkanes) is 3. The molecule has 2 aliphatic carbocycles. The van der Waals surface area contributed by atoms with Gasteiger partial charge in [0.1, 0.15) is 18.1 Å². The molecule has 3 rings (SSSR count). The maximum Gasteiger partial charge on any atom is 0.220 e. The zero-order valence-electron chi connectivity index (χ0n) is 18.6. The van der Waals surface area contributed by atoms with Gasteiger partial charge in [0.25, 0.3) is 0 Å². The van der Waals surface area contributed by atoms with Crippen LogP contribution in [0.3, 0.4) is 0 Å². The van der Waals surface area contributed by atoms with Crippen LogP contribution in [-0.2, 0) is 9.59 Å². The summed E-state index contributed by atoms with van der Waals surface area (Å²) in [4.78, 5) is 24.1. The van der Waals surface area contributed by atoms with Crippen molar-refractivity contribution >= 4 is 11.7 Å². The van der Waals surface area contributed by atoms with Crippen molar-refractivity contribution < 1.29 is 19.4 Å². The van der Waals surface area contributed by atoms with Gasteiger partial charge in [0.2, 0.25) is 5.91 Å². The molecule has 1 aromatic carbocycles. The summed E-state index contributed by atoms with van der Waals surface area (Å²) in [5, 5.41) is 13.3. The van der Waals surface area contributed by atoms with E-state index in [2.05, 4.69) is 11.4 Å². The fourth-order valence-electron chi connectivity index (χ4n) is 4.13. The topological polar surface area (TPSA) is 75.6 Å². The van der Waals surface area contributed by atoms with Gasteiger partial charge in [-0.15, -0.1) is 0 Å². The van der Waals surface area contributed by atoms with Crippen molar-refractivity contribution in [1.29, 1.82) is 0 Å². The summed E-state index contributed by atoms with van der Waals surface area (Å²) in [5.41, 5.74) is 1.18. The van der Waals surface area contributed by atoms with Gasteiger partial charge < -0.3 is 15.2 Å². The molecule has 1 amide bonds. The second kappa shape index (κ2) is 12.7. The zero-order valence-corrected chi connectivity index (χ0v) is 18.6. The molecule has 1 fully saturated rings. The highest BCUT2D eigenvalue weighted by Gasteiger charge is 2.27. The lowest BCUT2D eigenvalue weighted by Gasteiger charge is -2.16. The third kappa shape index (κ3) is 8.86. The summed E-state index contributed by atoms with van der Waals surface area (Å²) in [5.74, 6) is 1.99. The van der Waals surface area contributed by atoms with Gasteiger partial charge in [-0.3, -0.25) is 9.59 Å². The molecule has 170 valence electrons. The van der Waals surface area contributed by atoms with Crippen LogP contribution in [0, 0.1) is 11.8 Å². The molecule has 0 saturated heterocycles. The second-order valence-electron chi connectivity index (χ2n) is 9.02. The Bertz CT molecular complexity index is 726. The van der Waals surface area contributed by atoms with Gasteiger partial charge in [0, 0.05) is 25.3 Å². The quantitative estimate of drug-likeness (QED) is 0.317. The van der Waals surface area contributed by atoms with Crippen LogP contribution >= 0.6 is 0 Å². The molecule has 1 saturated carbocycles. The largest absolute Gasteiger partial charge is 0.491 e. The Morgan fingerprint density at radius 2 is 1.90 bits per heavy atom. The van der Waals surface area contributed by atoms with Crippen LogP contribution in [0.1, 0.15) is 70.6 Å². The lowest BCUT2D eigenvalue weighted by Crippen LogP contribution is -2.25. The average molecular weight is 428 g/mol. The fraction of sp³-hybridized carbons (Fsp3) is 0.615.